The summed E-state index contributed by atoms with van der Waals surface area (Å²) >= 11 is 0. The van der Waals surface area contributed by atoms with Crippen molar-refractivity contribution >= 4 is 10.0 Å². The van der Waals surface area contributed by atoms with Crippen molar-refractivity contribution in [1.29, 1.82) is 0 Å². The van der Waals surface area contributed by atoms with Crippen LogP contribution >= 0.6 is 0 Å². The van der Waals surface area contributed by atoms with Crippen molar-refractivity contribution < 1.29 is 13.5 Å². The van der Waals surface area contributed by atoms with Gasteiger partial charge < -0.3 is 10.4 Å². The number of nitrogens with one attached hydrogen (secondary N) is 1. The van der Waals surface area contributed by atoms with E-state index in [0.717, 1.165) is 38.8 Å². The molecule has 106 valence electrons. The number of hydrogen-bond donors (Lipinski definition) is 2. The molecule has 1 atom stereocenters. The summed E-state index contributed by atoms with van der Waals surface area (Å²) in [7, 11) is -3.09. The number of aliphatic hydroxyl groups excluding tert-OH is 1. The Hall–Kier alpha value is -0.170. The van der Waals surface area contributed by atoms with Gasteiger partial charge in [-0.15, -0.1) is 0 Å². The SMILES string of the molecule is O=S(=O)(CC1CCNCC1)N1CCC(CCO)C1. The van der Waals surface area contributed by atoms with E-state index >= 15 is 0 Å². The molecule has 0 radical (unpaired) electrons. The van der Waals surface area contributed by atoms with Crippen molar-refractivity contribution in [2.24, 2.45) is 11.8 Å². The number of rotatable bonds is 5. The zero-order chi connectivity index (χ0) is 13.0. The Labute approximate surface area is 110 Å². The van der Waals surface area contributed by atoms with E-state index in [1.54, 1.807) is 4.31 Å². The molecule has 0 aliphatic carbocycles. The molecule has 0 aromatic carbocycles. The van der Waals surface area contributed by atoms with Crippen LogP contribution in [0.4, 0.5) is 0 Å². The molecule has 2 N–H and O–H groups in total. The molecule has 0 aromatic heterocycles. The second kappa shape index (κ2) is 6.32. The summed E-state index contributed by atoms with van der Waals surface area (Å²) < 4.78 is 26.2. The molecule has 2 aliphatic rings. The maximum atomic E-state index is 12.3. The first-order valence-electron chi connectivity index (χ1n) is 6.91. The molecule has 0 spiro atoms. The van der Waals surface area contributed by atoms with Gasteiger partial charge in [0.25, 0.3) is 0 Å². The quantitative estimate of drug-likeness (QED) is 0.743. The van der Waals surface area contributed by atoms with Crippen molar-refractivity contribution in [3.63, 3.8) is 0 Å². The van der Waals surface area contributed by atoms with Crippen molar-refractivity contribution in [1.82, 2.24) is 9.62 Å². The van der Waals surface area contributed by atoms with Gasteiger partial charge in [0.1, 0.15) is 0 Å². The van der Waals surface area contributed by atoms with Crippen molar-refractivity contribution in [2.45, 2.75) is 25.7 Å². The van der Waals surface area contributed by atoms with Crippen LogP contribution in [-0.4, -0.2) is 56.4 Å². The fraction of sp³-hybridized carbons (Fsp3) is 1.00. The Balaban J connectivity index is 1.86. The van der Waals surface area contributed by atoms with Crippen molar-refractivity contribution in [3.05, 3.63) is 0 Å². The summed E-state index contributed by atoms with van der Waals surface area (Å²) in [5.41, 5.74) is 0. The van der Waals surface area contributed by atoms with Gasteiger partial charge in [0.05, 0.1) is 5.75 Å². The minimum Gasteiger partial charge on any atom is -0.396 e. The first kappa shape index (κ1) is 14.2. The van der Waals surface area contributed by atoms with E-state index in [0.29, 0.717) is 30.7 Å². The lowest BCUT2D eigenvalue weighted by Crippen LogP contribution is -2.37. The highest BCUT2D eigenvalue weighted by Gasteiger charge is 2.32. The number of piperidine rings is 1. The lowest BCUT2D eigenvalue weighted by molar-refractivity contribution is 0.259. The molecule has 2 rings (SSSR count). The van der Waals surface area contributed by atoms with Crippen LogP contribution in [0.25, 0.3) is 0 Å². The van der Waals surface area contributed by atoms with E-state index in [1.807, 2.05) is 0 Å². The molecule has 2 heterocycles. The number of aliphatic hydroxyl groups is 1. The summed E-state index contributed by atoms with van der Waals surface area (Å²) in [6, 6.07) is 0. The van der Waals surface area contributed by atoms with Gasteiger partial charge in [-0.3, -0.25) is 0 Å². The summed E-state index contributed by atoms with van der Waals surface area (Å²) in [4.78, 5) is 0. The van der Waals surface area contributed by atoms with Crippen LogP contribution in [0.15, 0.2) is 0 Å². The van der Waals surface area contributed by atoms with Crippen LogP contribution in [0.2, 0.25) is 0 Å². The number of sulfonamides is 1. The summed E-state index contributed by atoms with van der Waals surface area (Å²) in [6.45, 7) is 3.28. The zero-order valence-electron chi connectivity index (χ0n) is 10.8. The molecule has 2 saturated heterocycles. The molecule has 0 bridgehead atoms. The summed E-state index contributed by atoms with van der Waals surface area (Å²) in [6.07, 6.45) is 3.55. The van der Waals surface area contributed by atoms with Crippen molar-refractivity contribution in [3.8, 4) is 0 Å². The van der Waals surface area contributed by atoms with E-state index in [2.05, 4.69) is 5.32 Å². The highest BCUT2D eigenvalue weighted by Crippen LogP contribution is 2.24. The largest absolute Gasteiger partial charge is 0.396 e. The third-order valence-electron chi connectivity index (χ3n) is 4.08. The van der Waals surface area contributed by atoms with Crippen LogP contribution in [0, 0.1) is 11.8 Å². The maximum Gasteiger partial charge on any atom is 0.214 e. The van der Waals surface area contributed by atoms with Crippen LogP contribution in [0.3, 0.4) is 0 Å². The van der Waals surface area contributed by atoms with Gasteiger partial charge in [0, 0.05) is 19.7 Å². The predicted octanol–water partition coefficient (Wildman–Crippen LogP) is 0.0201. The van der Waals surface area contributed by atoms with Gasteiger partial charge in [-0.1, -0.05) is 0 Å². The Morgan fingerprint density at radius 1 is 1.17 bits per heavy atom. The smallest absolute Gasteiger partial charge is 0.214 e. The van der Waals surface area contributed by atoms with Gasteiger partial charge in [-0.25, -0.2) is 12.7 Å². The van der Waals surface area contributed by atoms with E-state index in [9.17, 15) is 8.42 Å². The zero-order valence-corrected chi connectivity index (χ0v) is 11.7. The van der Waals surface area contributed by atoms with Gasteiger partial charge in [0.15, 0.2) is 0 Å². The molecule has 0 amide bonds. The van der Waals surface area contributed by atoms with Gasteiger partial charge in [0.2, 0.25) is 10.0 Å². The maximum absolute atomic E-state index is 12.3. The Morgan fingerprint density at radius 3 is 2.56 bits per heavy atom. The van der Waals surface area contributed by atoms with E-state index < -0.39 is 10.0 Å². The van der Waals surface area contributed by atoms with E-state index in [1.165, 1.54) is 0 Å². The molecule has 5 nitrogen and oxygen atoms in total. The molecule has 0 saturated carbocycles. The lowest BCUT2D eigenvalue weighted by Gasteiger charge is -2.25. The van der Waals surface area contributed by atoms with Gasteiger partial charge >= 0.3 is 0 Å². The molecule has 18 heavy (non-hydrogen) atoms. The fourth-order valence-electron chi connectivity index (χ4n) is 2.92. The fourth-order valence-corrected chi connectivity index (χ4v) is 4.88. The molecule has 0 aromatic rings. The Morgan fingerprint density at radius 2 is 1.89 bits per heavy atom. The Kier molecular flexibility index (Phi) is 5.00. The molecule has 2 fully saturated rings. The second-order valence-corrected chi connectivity index (χ2v) is 7.51. The third kappa shape index (κ3) is 3.66. The molecule has 1 unspecified atom stereocenters. The number of hydrogen-bond acceptors (Lipinski definition) is 4. The van der Waals surface area contributed by atoms with Crippen LogP contribution < -0.4 is 5.32 Å². The highest BCUT2D eigenvalue weighted by atomic mass is 32.2. The van der Waals surface area contributed by atoms with Crippen LogP contribution in [0.5, 0.6) is 0 Å². The first-order valence-corrected chi connectivity index (χ1v) is 8.52. The predicted molar refractivity (Wildman–Crippen MR) is 70.8 cm³/mol. The molecular weight excluding hydrogens is 252 g/mol. The molecule has 6 heteroatoms. The normalized spacial score (nSPS) is 27.7. The second-order valence-electron chi connectivity index (χ2n) is 5.50. The van der Waals surface area contributed by atoms with Gasteiger partial charge in [-0.05, 0) is 50.6 Å². The number of nitrogens with zero attached hydrogens (tertiary/aromatic N) is 1. The average molecular weight is 276 g/mol. The minimum absolute atomic E-state index is 0.160. The average Bonchev–Trinajstić information content (AvgIpc) is 2.80. The molecular formula is C12H24N2O3S. The van der Waals surface area contributed by atoms with Crippen LogP contribution in [0.1, 0.15) is 25.7 Å². The topological polar surface area (TPSA) is 69.6 Å². The Bertz CT molecular complexity index is 352. The molecule has 2 aliphatic heterocycles. The van der Waals surface area contributed by atoms with Crippen LogP contribution in [-0.2, 0) is 10.0 Å². The standard InChI is InChI=1S/C12H24N2O3S/c15-8-4-11-3-7-14(9-11)18(16,17)10-12-1-5-13-6-2-12/h11-13,15H,1-10H2. The summed E-state index contributed by atoms with van der Waals surface area (Å²) in [5, 5.41) is 12.2. The summed E-state index contributed by atoms with van der Waals surface area (Å²) in [5.74, 6) is 0.964. The first-order chi connectivity index (χ1) is 8.62. The van der Waals surface area contributed by atoms with E-state index in [4.69, 9.17) is 5.11 Å². The third-order valence-corrected chi connectivity index (χ3v) is 6.10. The van der Waals surface area contributed by atoms with Gasteiger partial charge in [-0.2, -0.15) is 0 Å². The van der Waals surface area contributed by atoms with E-state index in [-0.39, 0.29) is 6.61 Å². The highest BCUT2D eigenvalue weighted by molar-refractivity contribution is 7.89. The van der Waals surface area contributed by atoms with Crippen molar-refractivity contribution in [2.75, 3.05) is 38.5 Å². The monoisotopic (exact) mass is 276 g/mol. The lowest BCUT2D eigenvalue weighted by atomic mass is 10.0. The minimum atomic E-state index is -3.09.